The zero-order chi connectivity index (χ0) is 18.7. The lowest BCUT2D eigenvalue weighted by Crippen LogP contribution is -2.49. The Morgan fingerprint density at radius 1 is 0.962 bits per heavy atom. The lowest BCUT2D eigenvalue weighted by atomic mass is 10.1. The van der Waals surface area contributed by atoms with E-state index in [9.17, 15) is 8.42 Å². The molecule has 0 unspecified atom stereocenters. The summed E-state index contributed by atoms with van der Waals surface area (Å²) < 4.78 is 27.6. The highest BCUT2D eigenvalue weighted by Gasteiger charge is 2.29. The van der Waals surface area contributed by atoms with Crippen molar-refractivity contribution in [2.24, 2.45) is 0 Å². The number of rotatable bonds is 5. The normalized spacial score (nSPS) is 16.7. The van der Waals surface area contributed by atoms with Gasteiger partial charge in [0.15, 0.2) is 0 Å². The molecule has 0 radical (unpaired) electrons. The summed E-state index contributed by atoms with van der Waals surface area (Å²) in [6.45, 7) is 7.17. The van der Waals surface area contributed by atoms with Crippen LogP contribution in [0, 0.1) is 13.8 Å². The quantitative estimate of drug-likeness (QED) is 0.781. The number of hydrogen-bond donors (Lipinski definition) is 0. The number of halogens is 1. The highest BCUT2D eigenvalue weighted by atomic mass is 35.5. The molecule has 4 nitrogen and oxygen atoms in total. The van der Waals surface area contributed by atoms with E-state index in [2.05, 4.69) is 29.2 Å². The molecule has 0 aromatic heterocycles. The number of piperazine rings is 1. The van der Waals surface area contributed by atoms with Crippen LogP contribution < -0.4 is 0 Å². The fourth-order valence-corrected chi connectivity index (χ4v) is 5.23. The maximum Gasteiger partial charge on any atom is 0.243 e. The van der Waals surface area contributed by atoms with E-state index in [1.54, 1.807) is 23.4 Å². The zero-order valence-electron chi connectivity index (χ0n) is 15.3. The fraction of sp³-hybridized carbons (Fsp3) is 0.400. The van der Waals surface area contributed by atoms with Crippen LogP contribution in [0.3, 0.4) is 0 Å². The predicted molar refractivity (Wildman–Crippen MR) is 106 cm³/mol. The zero-order valence-corrected chi connectivity index (χ0v) is 16.9. The molecule has 0 aliphatic carbocycles. The van der Waals surface area contributed by atoms with E-state index >= 15 is 0 Å². The Morgan fingerprint density at radius 2 is 1.62 bits per heavy atom. The first-order valence-corrected chi connectivity index (χ1v) is 10.7. The third kappa shape index (κ3) is 4.29. The summed E-state index contributed by atoms with van der Waals surface area (Å²) in [5, 5.41) is 0.604. The second-order valence-corrected chi connectivity index (χ2v) is 9.16. The van der Waals surface area contributed by atoms with Gasteiger partial charge < -0.3 is 4.90 Å². The summed E-state index contributed by atoms with van der Waals surface area (Å²) in [6, 6.07) is 13.8. The van der Waals surface area contributed by atoms with E-state index in [-0.39, 0.29) is 0 Å². The molecule has 1 saturated heterocycles. The predicted octanol–water partition coefficient (Wildman–Crippen LogP) is 3.51. The summed E-state index contributed by atoms with van der Waals surface area (Å²) in [7, 11) is -3.47. The molecule has 0 saturated carbocycles. The Morgan fingerprint density at radius 3 is 2.27 bits per heavy atom. The van der Waals surface area contributed by atoms with Gasteiger partial charge in [-0.2, -0.15) is 4.31 Å². The SMILES string of the molecule is Cc1cc(S(=O)(=O)N2CCN(CCc3ccccc3)CC2)c(C)cc1Cl. The van der Waals surface area contributed by atoms with Gasteiger partial charge in [-0.25, -0.2) is 8.42 Å². The van der Waals surface area contributed by atoms with Gasteiger partial charge in [0.1, 0.15) is 0 Å². The molecule has 2 aromatic carbocycles. The third-order valence-electron chi connectivity index (χ3n) is 4.96. The largest absolute Gasteiger partial charge is 0.300 e. The molecule has 0 amide bonds. The maximum atomic E-state index is 13.0. The van der Waals surface area contributed by atoms with Gasteiger partial charge in [0.05, 0.1) is 4.90 Å². The molecule has 1 fully saturated rings. The van der Waals surface area contributed by atoms with E-state index in [0.29, 0.717) is 28.6 Å². The standard InChI is InChI=1S/C20H25ClN2O2S/c1-16-15-20(17(2)14-19(16)21)26(24,25)23-12-10-22(11-13-23)9-8-18-6-4-3-5-7-18/h3-7,14-15H,8-13H2,1-2H3. The second-order valence-electron chi connectivity index (χ2n) is 6.85. The monoisotopic (exact) mass is 392 g/mol. The molecule has 6 heteroatoms. The molecule has 3 rings (SSSR count). The van der Waals surface area contributed by atoms with Gasteiger partial charge in [0.25, 0.3) is 0 Å². The third-order valence-corrected chi connectivity index (χ3v) is 7.41. The summed E-state index contributed by atoms with van der Waals surface area (Å²) in [5.41, 5.74) is 2.80. The first-order chi connectivity index (χ1) is 12.4. The van der Waals surface area contributed by atoms with Gasteiger partial charge in [-0.05, 0) is 49.1 Å². The molecule has 1 heterocycles. The fourth-order valence-electron chi connectivity index (χ4n) is 3.30. The van der Waals surface area contributed by atoms with Crippen LogP contribution in [0.5, 0.6) is 0 Å². The van der Waals surface area contributed by atoms with Crippen molar-refractivity contribution < 1.29 is 8.42 Å². The van der Waals surface area contributed by atoms with Gasteiger partial charge in [-0.15, -0.1) is 0 Å². The van der Waals surface area contributed by atoms with Crippen LogP contribution in [0.15, 0.2) is 47.4 Å². The van der Waals surface area contributed by atoms with E-state index in [0.717, 1.165) is 31.6 Å². The van der Waals surface area contributed by atoms with Gasteiger partial charge in [-0.1, -0.05) is 41.9 Å². The van der Waals surface area contributed by atoms with Crippen LogP contribution in [-0.4, -0.2) is 50.3 Å². The topological polar surface area (TPSA) is 40.6 Å². The Hall–Kier alpha value is -1.40. The second kappa shape index (κ2) is 8.09. The van der Waals surface area contributed by atoms with Crippen LogP contribution in [0.4, 0.5) is 0 Å². The van der Waals surface area contributed by atoms with Gasteiger partial charge in [0.2, 0.25) is 10.0 Å². The van der Waals surface area contributed by atoms with Crippen molar-refractivity contribution in [3.05, 3.63) is 64.2 Å². The minimum absolute atomic E-state index is 0.372. The van der Waals surface area contributed by atoms with Crippen molar-refractivity contribution in [1.29, 1.82) is 0 Å². The Kier molecular flexibility index (Phi) is 6.03. The van der Waals surface area contributed by atoms with Crippen LogP contribution in [0.2, 0.25) is 5.02 Å². The molecule has 26 heavy (non-hydrogen) atoms. The number of nitrogens with zero attached hydrogens (tertiary/aromatic N) is 2. The van der Waals surface area contributed by atoms with E-state index in [1.165, 1.54) is 5.56 Å². The van der Waals surface area contributed by atoms with E-state index < -0.39 is 10.0 Å². The van der Waals surface area contributed by atoms with Gasteiger partial charge in [0, 0.05) is 37.7 Å². The first-order valence-electron chi connectivity index (χ1n) is 8.91. The van der Waals surface area contributed by atoms with Gasteiger partial charge >= 0.3 is 0 Å². The molecular formula is C20H25ClN2O2S. The van der Waals surface area contributed by atoms with Crippen molar-refractivity contribution in [2.45, 2.75) is 25.2 Å². The molecule has 1 aliphatic rings. The average molecular weight is 393 g/mol. The Bertz CT molecular complexity index is 861. The van der Waals surface area contributed by atoms with Gasteiger partial charge in [-0.3, -0.25) is 0 Å². The highest BCUT2D eigenvalue weighted by molar-refractivity contribution is 7.89. The molecule has 140 valence electrons. The van der Waals surface area contributed by atoms with Crippen molar-refractivity contribution in [1.82, 2.24) is 9.21 Å². The van der Waals surface area contributed by atoms with Crippen molar-refractivity contribution in [2.75, 3.05) is 32.7 Å². The summed E-state index contributed by atoms with van der Waals surface area (Å²) in [4.78, 5) is 2.70. The van der Waals surface area contributed by atoms with Crippen LogP contribution >= 0.6 is 11.6 Å². The molecule has 0 spiro atoms. The lowest BCUT2D eigenvalue weighted by Gasteiger charge is -2.34. The van der Waals surface area contributed by atoms with E-state index in [1.807, 2.05) is 13.0 Å². The minimum atomic E-state index is -3.47. The average Bonchev–Trinajstić information content (AvgIpc) is 2.64. The smallest absolute Gasteiger partial charge is 0.243 e. The number of benzene rings is 2. The highest BCUT2D eigenvalue weighted by Crippen LogP contribution is 2.26. The Labute approximate surface area is 161 Å². The summed E-state index contributed by atoms with van der Waals surface area (Å²) >= 11 is 6.11. The minimum Gasteiger partial charge on any atom is -0.300 e. The number of hydrogen-bond acceptors (Lipinski definition) is 3. The number of aryl methyl sites for hydroxylation is 2. The molecule has 1 aliphatic heterocycles. The number of sulfonamides is 1. The van der Waals surface area contributed by atoms with Crippen molar-refractivity contribution in [3.63, 3.8) is 0 Å². The van der Waals surface area contributed by atoms with Crippen LogP contribution in [-0.2, 0) is 16.4 Å². The van der Waals surface area contributed by atoms with Crippen molar-refractivity contribution in [3.8, 4) is 0 Å². The lowest BCUT2D eigenvalue weighted by molar-refractivity contribution is 0.190. The van der Waals surface area contributed by atoms with Crippen LogP contribution in [0.25, 0.3) is 0 Å². The van der Waals surface area contributed by atoms with Crippen molar-refractivity contribution >= 4 is 21.6 Å². The van der Waals surface area contributed by atoms with E-state index in [4.69, 9.17) is 11.6 Å². The summed E-state index contributed by atoms with van der Waals surface area (Å²) in [6.07, 6.45) is 0.989. The summed E-state index contributed by atoms with van der Waals surface area (Å²) in [5.74, 6) is 0. The molecular weight excluding hydrogens is 368 g/mol. The molecule has 0 bridgehead atoms. The maximum absolute atomic E-state index is 13.0. The molecule has 0 N–H and O–H groups in total. The van der Waals surface area contributed by atoms with Crippen LogP contribution in [0.1, 0.15) is 16.7 Å². The molecule has 2 aromatic rings. The first kappa shape index (κ1) is 19.4. The Balaban J connectivity index is 1.63. The molecule has 0 atom stereocenters.